The van der Waals surface area contributed by atoms with E-state index >= 15 is 0 Å². The van der Waals surface area contributed by atoms with Crippen molar-refractivity contribution in [3.05, 3.63) is 33.4 Å². The number of benzene rings is 1. The molecule has 84 valence electrons. The minimum Gasteiger partial charge on any atom is -0.502 e. The highest BCUT2D eigenvalue weighted by Gasteiger charge is 2.21. The van der Waals surface area contributed by atoms with Crippen LogP contribution in [0.1, 0.15) is 24.1 Å². The van der Waals surface area contributed by atoms with Gasteiger partial charge in [-0.25, -0.2) is 0 Å². The van der Waals surface area contributed by atoms with Gasteiger partial charge in [-0.05, 0) is 13.8 Å². The van der Waals surface area contributed by atoms with Gasteiger partial charge < -0.3 is 10.8 Å². The molecule has 5 nitrogen and oxygen atoms in total. The minimum absolute atomic E-state index is 0. The molecule has 0 bridgehead atoms. The number of nitro groups is 1. The molecule has 0 aliphatic carbocycles. The van der Waals surface area contributed by atoms with E-state index in [1.165, 1.54) is 0 Å². The SMILES string of the molecule is Cc1ccc([C@@H](C)N)c(O)c1[N+](=O)[O-].Cl. The van der Waals surface area contributed by atoms with Gasteiger partial charge in [-0.2, -0.15) is 0 Å². The number of phenolic OH excluding ortho intramolecular Hbond substituents is 1. The van der Waals surface area contributed by atoms with Gasteiger partial charge in [0.05, 0.1) is 4.92 Å². The summed E-state index contributed by atoms with van der Waals surface area (Å²) in [7, 11) is 0. The number of nitro benzene ring substituents is 1. The zero-order valence-corrected chi connectivity index (χ0v) is 9.25. The summed E-state index contributed by atoms with van der Waals surface area (Å²) >= 11 is 0. The smallest absolute Gasteiger partial charge is 0.313 e. The number of hydrogen-bond donors (Lipinski definition) is 2. The second-order valence-electron chi connectivity index (χ2n) is 3.21. The summed E-state index contributed by atoms with van der Waals surface area (Å²) in [6.45, 7) is 3.23. The molecule has 1 rings (SSSR count). The van der Waals surface area contributed by atoms with Crippen molar-refractivity contribution in [1.29, 1.82) is 0 Å². The fourth-order valence-electron chi connectivity index (χ4n) is 1.29. The van der Waals surface area contributed by atoms with E-state index in [2.05, 4.69) is 0 Å². The van der Waals surface area contributed by atoms with E-state index in [1.807, 2.05) is 0 Å². The summed E-state index contributed by atoms with van der Waals surface area (Å²) in [5.41, 5.74) is 6.11. The van der Waals surface area contributed by atoms with Crippen LogP contribution in [-0.4, -0.2) is 10.0 Å². The zero-order valence-electron chi connectivity index (χ0n) is 8.43. The second-order valence-corrected chi connectivity index (χ2v) is 3.21. The predicted octanol–water partition coefficient (Wildman–Crippen LogP) is 2.05. The maximum absolute atomic E-state index is 10.6. The normalized spacial score (nSPS) is 11.7. The van der Waals surface area contributed by atoms with Gasteiger partial charge in [-0.3, -0.25) is 10.1 Å². The molecule has 0 heterocycles. The Kier molecular flexibility index (Phi) is 4.51. The summed E-state index contributed by atoms with van der Waals surface area (Å²) in [6.07, 6.45) is 0. The van der Waals surface area contributed by atoms with Gasteiger partial charge in [0.25, 0.3) is 0 Å². The molecule has 6 heteroatoms. The third kappa shape index (κ3) is 2.57. The van der Waals surface area contributed by atoms with E-state index in [4.69, 9.17) is 5.73 Å². The maximum Gasteiger partial charge on any atom is 0.313 e. The fourth-order valence-corrected chi connectivity index (χ4v) is 1.29. The first-order valence-corrected chi connectivity index (χ1v) is 4.17. The summed E-state index contributed by atoms with van der Waals surface area (Å²) in [5, 5.41) is 20.2. The lowest BCUT2D eigenvalue weighted by atomic mass is 10.0. The zero-order chi connectivity index (χ0) is 10.9. The summed E-state index contributed by atoms with van der Waals surface area (Å²) in [6, 6.07) is 2.76. The van der Waals surface area contributed by atoms with E-state index in [9.17, 15) is 15.2 Å². The number of phenols is 1. The Bertz CT molecular complexity index is 380. The van der Waals surface area contributed by atoms with E-state index < -0.39 is 11.0 Å². The number of aryl methyl sites for hydroxylation is 1. The molecule has 15 heavy (non-hydrogen) atoms. The van der Waals surface area contributed by atoms with Crippen LogP contribution >= 0.6 is 12.4 Å². The van der Waals surface area contributed by atoms with Crippen molar-refractivity contribution in [2.24, 2.45) is 5.73 Å². The van der Waals surface area contributed by atoms with Gasteiger partial charge in [0.1, 0.15) is 0 Å². The first-order chi connectivity index (χ1) is 6.45. The first kappa shape index (κ1) is 13.7. The highest BCUT2D eigenvalue weighted by molar-refractivity contribution is 5.85. The fraction of sp³-hybridized carbons (Fsp3) is 0.333. The molecule has 0 unspecified atom stereocenters. The number of nitrogens with two attached hydrogens (primary N) is 1. The lowest BCUT2D eigenvalue weighted by Crippen LogP contribution is -2.06. The Morgan fingerprint density at radius 3 is 2.47 bits per heavy atom. The summed E-state index contributed by atoms with van der Waals surface area (Å²) in [5.74, 6) is -0.329. The summed E-state index contributed by atoms with van der Waals surface area (Å²) in [4.78, 5) is 10.0. The van der Waals surface area contributed by atoms with Crippen LogP contribution in [0.5, 0.6) is 5.75 Å². The number of hydrogen-bond acceptors (Lipinski definition) is 4. The number of halogens is 1. The van der Waals surface area contributed by atoms with Crippen LogP contribution in [0.3, 0.4) is 0 Å². The van der Waals surface area contributed by atoms with E-state index in [0.29, 0.717) is 11.1 Å². The Labute approximate surface area is 93.5 Å². The van der Waals surface area contributed by atoms with Crippen molar-refractivity contribution in [2.45, 2.75) is 19.9 Å². The van der Waals surface area contributed by atoms with Gasteiger partial charge in [0.15, 0.2) is 5.75 Å². The van der Waals surface area contributed by atoms with Crippen LogP contribution in [0, 0.1) is 17.0 Å². The van der Waals surface area contributed by atoms with Crippen LogP contribution in [0.4, 0.5) is 5.69 Å². The van der Waals surface area contributed by atoms with Crippen LogP contribution < -0.4 is 5.73 Å². The molecule has 0 saturated carbocycles. The van der Waals surface area contributed by atoms with Crippen molar-refractivity contribution in [3.8, 4) is 5.75 Å². The van der Waals surface area contributed by atoms with Crippen molar-refractivity contribution >= 4 is 18.1 Å². The third-order valence-electron chi connectivity index (χ3n) is 2.06. The van der Waals surface area contributed by atoms with Crippen LogP contribution in [0.2, 0.25) is 0 Å². The standard InChI is InChI=1S/C9H12N2O3.ClH/c1-5-3-4-7(6(2)10)9(12)8(5)11(13)14;/h3-4,6,12H,10H2,1-2H3;1H/t6-;/m1./s1. The molecule has 1 atom stereocenters. The molecular formula is C9H13ClN2O3. The van der Waals surface area contributed by atoms with Crippen LogP contribution in [0.15, 0.2) is 12.1 Å². The molecular weight excluding hydrogens is 220 g/mol. The first-order valence-electron chi connectivity index (χ1n) is 4.17. The molecule has 0 aliphatic heterocycles. The monoisotopic (exact) mass is 232 g/mol. The number of aromatic hydroxyl groups is 1. The van der Waals surface area contributed by atoms with Crippen LogP contribution in [0.25, 0.3) is 0 Å². The molecule has 0 aliphatic rings. The molecule has 0 amide bonds. The highest BCUT2D eigenvalue weighted by Crippen LogP contribution is 2.35. The van der Waals surface area contributed by atoms with Crippen molar-refractivity contribution < 1.29 is 10.0 Å². The quantitative estimate of drug-likeness (QED) is 0.603. The lowest BCUT2D eigenvalue weighted by molar-refractivity contribution is -0.386. The van der Waals surface area contributed by atoms with Crippen molar-refractivity contribution in [1.82, 2.24) is 0 Å². The number of rotatable bonds is 2. The Balaban J connectivity index is 0.00000196. The molecule has 0 saturated heterocycles. The Hall–Kier alpha value is -1.33. The maximum atomic E-state index is 10.6. The molecule has 0 aromatic heterocycles. The molecule has 1 aromatic carbocycles. The van der Waals surface area contributed by atoms with Crippen LogP contribution in [-0.2, 0) is 0 Å². The Morgan fingerprint density at radius 2 is 2.07 bits per heavy atom. The van der Waals surface area contributed by atoms with Crippen molar-refractivity contribution in [2.75, 3.05) is 0 Å². The summed E-state index contributed by atoms with van der Waals surface area (Å²) < 4.78 is 0. The average Bonchev–Trinajstić information content (AvgIpc) is 2.02. The number of nitrogens with zero attached hydrogens (tertiary/aromatic N) is 1. The van der Waals surface area contributed by atoms with Crippen molar-refractivity contribution in [3.63, 3.8) is 0 Å². The molecule has 3 N–H and O–H groups in total. The molecule has 1 aromatic rings. The van der Waals surface area contributed by atoms with Gasteiger partial charge in [0, 0.05) is 17.2 Å². The molecule has 0 fully saturated rings. The van der Waals surface area contributed by atoms with Gasteiger partial charge in [-0.1, -0.05) is 12.1 Å². The topological polar surface area (TPSA) is 89.4 Å². The van der Waals surface area contributed by atoms with Gasteiger partial charge in [0.2, 0.25) is 0 Å². The van der Waals surface area contributed by atoms with Gasteiger partial charge >= 0.3 is 5.69 Å². The third-order valence-corrected chi connectivity index (χ3v) is 2.06. The largest absolute Gasteiger partial charge is 0.502 e. The molecule has 0 spiro atoms. The predicted molar refractivity (Wildman–Crippen MR) is 59.3 cm³/mol. The average molecular weight is 233 g/mol. The van der Waals surface area contributed by atoms with E-state index in [-0.39, 0.29) is 23.8 Å². The van der Waals surface area contributed by atoms with E-state index in [0.717, 1.165) is 0 Å². The Morgan fingerprint density at radius 1 is 1.53 bits per heavy atom. The second kappa shape index (κ2) is 4.95. The lowest BCUT2D eigenvalue weighted by Gasteiger charge is -2.09. The minimum atomic E-state index is -0.601. The van der Waals surface area contributed by atoms with E-state index in [1.54, 1.807) is 26.0 Å². The molecule has 0 radical (unpaired) electrons. The highest BCUT2D eigenvalue weighted by atomic mass is 35.5. The van der Waals surface area contributed by atoms with Gasteiger partial charge in [-0.15, -0.1) is 12.4 Å².